The number of terminal acetylenes is 1. The average Bonchev–Trinajstić information content (AvgIpc) is 2.40. The fraction of sp³-hybridized carbons (Fsp3) is 0.529. The zero-order chi connectivity index (χ0) is 14.8. The molecule has 0 unspecified atom stereocenters. The molecule has 0 amide bonds. The van der Waals surface area contributed by atoms with Gasteiger partial charge in [-0.1, -0.05) is 38.0 Å². The standard InChI is InChI=1S/C17H26N2O/c1-5-10-19(4)11-12-20-17-9-7-6-8-16(17)14-18-13-15(2)3/h1,6-9,15,18H,10-14H2,2-4H3. The summed E-state index contributed by atoms with van der Waals surface area (Å²) in [6.45, 7) is 8.40. The van der Waals surface area contributed by atoms with E-state index in [1.54, 1.807) is 0 Å². The minimum Gasteiger partial charge on any atom is -0.492 e. The van der Waals surface area contributed by atoms with E-state index in [2.05, 4.69) is 36.1 Å². The summed E-state index contributed by atoms with van der Waals surface area (Å²) in [5, 5.41) is 3.44. The van der Waals surface area contributed by atoms with E-state index in [1.807, 2.05) is 25.2 Å². The average molecular weight is 274 g/mol. The lowest BCUT2D eigenvalue weighted by molar-refractivity contribution is 0.249. The van der Waals surface area contributed by atoms with Crippen molar-refractivity contribution in [3.63, 3.8) is 0 Å². The first-order chi connectivity index (χ1) is 9.63. The first-order valence-electron chi connectivity index (χ1n) is 7.17. The Bertz CT molecular complexity index is 423. The molecule has 0 aliphatic heterocycles. The smallest absolute Gasteiger partial charge is 0.123 e. The van der Waals surface area contributed by atoms with Crippen molar-refractivity contribution < 1.29 is 4.74 Å². The molecule has 0 atom stereocenters. The molecule has 0 spiro atoms. The first kappa shape index (κ1) is 16.6. The topological polar surface area (TPSA) is 24.5 Å². The minimum atomic E-state index is 0.652. The summed E-state index contributed by atoms with van der Waals surface area (Å²) >= 11 is 0. The van der Waals surface area contributed by atoms with Gasteiger partial charge in [0.1, 0.15) is 12.4 Å². The molecule has 0 fully saturated rings. The highest BCUT2D eigenvalue weighted by atomic mass is 16.5. The van der Waals surface area contributed by atoms with E-state index in [0.717, 1.165) is 25.4 Å². The monoisotopic (exact) mass is 274 g/mol. The second kappa shape index (κ2) is 9.41. The highest BCUT2D eigenvalue weighted by Crippen LogP contribution is 2.17. The maximum absolute atomic E-state index is 5.86. The Morgan fingerprint density at radius 2 is 2.10 bits per heavy atom. The summed E-state index contributed by atoms with van der Waals surface area (Å²) in [7, 11) is 2.00. The van der Waals surface area contributed by atoms with Crippen LogP contribution in [0.3, 0.4) is 0 Å². The van der Waals surface area contributed by atoms with Crippen molar-refractivity contribution in [1.82, 2.24) is 10.2 Å². The van der Waals surface area contributed by atoms with Crippen LogP contribution in [-0.4, -0.2) is 38.2 Å². The molecule has 1 aromatic rings. The molecule has 0 heterocycles. The fourth-order valence-electron chi connectivity index (χ4n) is 1.83. The number of rotatable bonds is 9. The molecule has 0 saturated heterocycles. The van der Waals surface area contributed by atoms with E-state index in [0.29, 0.717) is 19.1 Å². The van der Waals surface area contributed by atoms with E-state index in [1.165, 1.54) is 5.56 Å². The van der Waals surface area contributed by atoms with Crippen molar-refractivity contribution in [1.29, 1.82) is 0 Å². The Kier molecular flexibility index (Phi) is 7.79. The molecule has 0 saturated carbocycles. The first-order valence-corrected chi connectivity index (χ1v) is 7.17. The summed E-state index contributed by atoms with van der Waals surface area (Å²) in [6, 6.07) is 8.18. The van der Waals surface area contributed by atoms with Gasteiger partial charge in [-0.2, -0.15) is 0 Å². The van der Waals surface area contributed by atoms with E-state index in [4.69, 9.17) is 11.2 Å². The van der Waals surface area contributed by atoms with Crippen LogP contribution in [0.25, 0.3) is 0 Å². The molecule has 1 aromatic carbocycles. The Balaban J connectivity index is 2.43. The van der Waals surface area contributed by atoms with Gasteiger partial charge in [0.25, 0.3) is 0 Å². The van der Waals surface area contributed by atoms with Gasteiger partial charge in [0.05, 0.1) is 6.54 Å². The van der Waals surface area contributed by atoms with E-state index < -0.39 is 0 Å². The zero-order valence-corrected chi connectivity index (χ0v) is 12.9. The van der Waals surface area contributed by atoms with Crippen molar-refractivity contribution in [2.75, 3.05) is 33.3 Å². The van der Waals surface area contributed by atoms with Crippen LogP contribution in [-0.2, 0) is 6.54 Å². The van der Waals surface area contributed by atoms with Crippen LogP contribution in [0, 0.1) is 18.3 Å². The van der Waals surface area contributed by atoms with E-state index in [-0.39, 0.29) is 0 Å². The molecule has 0 aliphatic carbocycles. The number of nitrogens with one attached hydrogen (secondary N) is 1. The molecule has 0 radical (unpaired) electrons. The SMILES string of the molecule is C#CCN(C)CCOc1ccccc1CNCC(C)C. The number of nitrogens with zero attached hydrogens (tertiary/aromatic N) is 1. The van der Waals surface area contributed by atoms with Crippen molar-refractivity contribution >= 4 is 0 Å². The van der Waals surface area contributed by atoms with Crippen LogP contribution in [0.15, 0.2) is 24.3 Å². The van der Waals surface area contributed by atoms with E-state index >= 15 is 0 Å². The molecule has 0 bridgehead atoms. The van der Waals surface area contributed by atoms with Gasteiger partial charge >= 0.3 is 0 Å². The van der Waals surface area contributed by atoms with E-state index in [9.17, 15) is 0 Å². The molecule has 3 heteroatoms. The van der Waals surface area contributed by atoms with Gasteiger partial charge in [-0.05, 0) is 25.6 Å². The number of para-hydroxylation sites is 1. The number of benzene rings is 1. The minimum absolute atomic E-state index is 0.652. The predicted octanol–water partition coefficient (Wildman–Crippen LogP) is 2.38. The summed E-state index contributed by atoms with van der Waals surface area (Å²) in [4.78, 5) is 2.07. The number of hydrogen-bond acceptors (Lipinski definition) is 3. The summed E-state index contributed by atoms with van der Waals surface area (Å²) in [6.07, 6.45) is 5.27. The highest BCUT2D eigenvalue weighted by Gasteiger charge is 2.04. The third-order valence-corrected chi connectivity index (χ3v) is 2.93. The van der Waals surface area contributed by atoms with Gasteiger partial charge in [-0.15, -0.1) is 6.42 Å². The fourth-order valence-corrected chi connectivity index (χ4v) is 1.83. The van der Waals surface area contributed by atoms with Crippen LogP contribution in [0.5, 0.6) is 5.75 Å². The summed E-state index contributed by atoms with van der Waals surface area (Å²) < 4.78 is 5.86. The van der Waals surface area contributed by atoms with Gasteiger partial charge in [-0.3, -0.25) is 4.90 Å². The molecular formula is C17H26N2O. The molecule has 0 aromatic heterocycles. The molecule has 3 nitrogen and oxygen atoms in total. The van der Waals surface area contributed by atoms with Crippen LogP contribution < -0.4 is 10.1 Å². The molecule has 1 N–H and O–H groups in total. The van der Waals surface area contributed by atoms with Crippen LogP contribution in [0.1, 0.15) is 19.4 Å². The van der Waals surface area contributed by atoms with Gasteiger partial charge < -0.3 is 10.1 Å². The van der Waals surface area contributed by atoms with Crippen molar-refractivity contribution in [2.45, 2.75) is 20.4 Å². The third kappa shape index (κ3) is 6.60. The van der Waals surface area contributed by atoms with Crippen LogP contribution in [0.2, 0.25) is 0 Å². The van der Waals surface area contributed by atoms with Crippen LogP contribution >= 0.6 is 0 Å². The lowest BCUT2D eigenvalue weighted by Gasteiger charge is -2.16. The van der Waals surface area contributed by atoms with Crippen molar-refractivity contribution in [3.05, 3.63) is 29.8 Å². The van der Waals surface area contributed by atoms with Gasteiger partial charge in [0.2, 0.25) is 0 Å². The van der Waals surface area contributed by atoms with Crippen LogP contribution in [0.4, 0.5) is 0 Å². The quantitative estimate of drug-likeness (QED) is 0.700. The molecule has 1 rings (SSSR count). The number of hydrogen-bond donors (Lipinski definition) is 1. The molecule has 0 aliphatic rings. The Morgan fingerprint density at radius 1 is 1.35 bits per heavy atom. The summed E-state index contributed by atoms with van der Waals surface area (Å²) in [5.41, 5.74) is 1.20. The predicted molar refractivity (Wildman–Crippen MR) is 84.8 cm³/mol. The Hall–Kier alpha value is -1.50. The molecular weight excluding hydrogens is 248 g/mol. The molecule has 20 heavy (non-hydrogen) atoms. The Morgan fingerprint density at radius 3 is 2.80 bits per heavy atom. The lowest BCUT2D eigenvalue weighted by atomic mass is 10.2. The van der Waals surface area contributed by atoms with Gasteiger partial charge in [0.15, 0.2) is 0 Å². The Labute approximate surface area is 123 Å². The second-order valence-electron chi connectivity index (χ2n) is 5.42. The van der Waals surface area contributed by atoms with Crippen molar-refractivity contribution in [3.8, 4) is 18.1 Å². The van der Waals surface area contributed by atoms with Crippen molar-refractivity contribution in [2.24, 2.45) is 5.92 Å². The largest absolute Gasteiger partial charge is 0.492 e. The highest BCUT2D eigenvalue weighted by molar-refractivity contribution is 5.33. The van der Waals surface area contributed by atoms with Gasteiger partial charge in [0, 0.05) is 18.7 Å². The van der Waals surface area contributed by atoms with Gasteiger partial charge in [-0.25, -0.2) is 0 Å². The maximum Gasteiger partial charge on any atom is 0.123 e. The normalized spacial score (nSPS) is 10.8. The lowest BCUT2D eigenvalue weighted by Crippen LogP contribution is -2.25. The maximum atomic E-state index is 5.86. The number of ether oxygens (including phenoxy) is 1. The summed E-state index contributed by atoms with van der Waals surface area (Å²) in [5.74, 6) is 4.24. The molecule has 110 valence electrons. The third-order valence-electron chi connectivity index (χ3n) is 2.93. The number of likely N-dealkylation sites (N-methyl/N-ethyl adjacent to an activating group) is 1. The zero-order valence-electron chi connectivity index (χ0n) is 12.9. The second-order valence-corrected chi connectivity index (χ2v) is 5.42.